The molecule has 1 aromatic rings. The van der Waals surface area contributed by atoms with Gasteiger partial charge in [-0.1, -0.05) is 30.3 Å². The molecule has 7 heteroatoms. The van der Waals surface area contributed by atoms with E-state index in [0.29, 0.717) is 19.6 Å². The van der Waals surface area contributed by atoms with Gasteiger partial charge in [0.15, 0.2) is 0 Å². The van der Waals surface area contributed by atoms with Crippen molar-refractivity contribution in [1.82, 2.24) is 5.06 Å². The Kier molecular flexibility index (Phi) is 6.15. The van der Waals surface area contributed by atoms with Crippen LogP contribution in [0.5, 0.6) is 0 Å². The number of carbonyl (C=O) groups excluding carboxylic acids is 1. The quantitative estimate of drug-likeness (QED) is 0.687. The molecule has 1 heterocycles. The van der Waals surface area contributed by atoms with E-state index < -0.39 is 13.3 Å². The van der Waals surface area contributed by atoms with Gasteiger partial charge in [0.2, 0.25) is 0 Å². The second-order valence-corrected chi connectivity index (χ2v) is 7.10. The van der Waals surface area contributed by atoms with Crippen LogP contribution in [0.25, 0.3) is 0 Å². The van der Waals surface area contributed by atoms with E-state index in [1.54, 1.807) is 13.8 Å². The lowest BCUT2D eigenvalue weighted by atomic mass is 10.2. The third-order valence-corrected chi connectivity index (χ3v) is 5.84. The maximum atomic E-state index is 12.7. The largest absolute Gasteiger partial charge is 0.343 e. The van der Waals surface area contributed by atoms with E-state index in [0.717, 1.165) is 5.56 Å². The molecule has 0 N–H and O–H groups in total. The number of nitrogens with zero attached hydrogens (tertiary/aromatic N) is 1. The van der Waals surface area contributed by atoms with E-state index in [1.807, 2.05) is 30.3 Å². The normalized spacial score (nSPS) is 18.9. The first-order valence-electron chi connectivity index (χ1n) is 7.47. The number of hydrogen-bond donors (Lipinski definition) is 0. The van der Waals surface area contributed by atoms with Crippen LogP contribution in [0.3, 0.4) is 0 Å². The molecule has 122 valence electrons. The van der Waals surface area contributed by atoms with E-state index in [9.17, 15) is 9.36 Å². The van der Waals surface area contributed by atoms with E-state index in [4.69, 9.17) is 13.9 Å². The molecular weight excluding hydrogens is 305 g/mol. The van der Waals surface area contributed by atoms with Gasteiger partial charge in [0.1, 0.15) is 12.3 Å². The van der Waals surface area contributed by atoms with Crippen LogP contribution in [0.15, 0.2) is 30.3 Å². The Labute approximate surface area is 130 Å². The van der Waals surface area contributed by atoms with Gasteiger partial charge in [-0.15, -0.1) is 0 Å². The number of hydrogen-bond acceptors (Lipinski definition) is 5. The Balaban J connectivity index is 1.98. The maximum Gasteiger partial charge on any atom is 0.343 e. The van der Waals surface area contributed by atoms with Crippen molar-refractivity contribution >= 4 is 13.5 Å². The molecule has 6 nitrogen and oxygen atoms in total. The minimum atomic E-state index is -3.43. The molecule has 1 aromatic carbocycles. The van der Waals surface area contributed by atoms with Crippen LogP contribution in [0.4, 0.5) is 0 Å². The molecule has 1 unspecified atom stereocenters. The first-order chi connectivity index (χ1) is 10.6. The highest BCUT2D eigenvalue weighted by Gasteiger charge is 2.47. The SMILES string of the molecule is CCOP(=O)(OCC)C1CCN(OCc2ccccc2)C1=O. The number of rotatable bonds is 8. The molecule has 0 saturated carbocycles. The molecule has 0 spiro atoms. The highest BCUT2D eigenvalue weighted by atomic mass is 31.2. The van der Waals surface area contributed by atoms with Gasteiger partial charge in [0.25, 0.3) is 5.91 Å². The summed E-state index contributed by atoms with van der Waals surface area (Å²) >= 11 is 0. The van der Waals surface area contributed by atoms with Crippen LogP contribution in [0, 0.1) is 0 Å². The molecule has 0 aromatic heterocycles. The molecule has 0 bridgehead atoms. The van der Waals surface area contributed by atoms with Gasteiger partial charge in [0.05, 0.1) is 19.8 Å². The molecule has 1 aliphatic rings. The van der Waals surface area contributed by atoms with Crippen LogP contribution >= 0.6 is 7.60 Å². The molecule has 1 saturated heterocycles. The van der Waals surface area contributed by atoms with Crippen LogP contribution in [-0.4, -0.2) is 36.4 Å². The van der Waals surface area contributed by atoms with Gasteiger partial charge >= 0.3 is 7.60 Å². The van der Waals surface area contributed by atoms with Gasteiger partial charge in [-0.05, 0) is 25.8 Å². The Morgan fingerprint density at radius 3 is 2.41 bits per heavy atom. The lowest BCUT2D eigenvalue weighted by molar-refractivity contribution is -0.182. The Hall–Kier alpha value is -1.20. The van der Waals surface area contributed by atoms with Crippen molar-refractivity contribution in [1.29, 1.82) is 0 Å². The molecule has 0 aliphatic carbocycles. The predicted octanol–water partition coefficient (Wildman–Crippen LogP) is 2.99. The first kappa shape index (κ1) is 17.2. The minimum Gasteiger partial charge on any atom is -0.308 e. The van der Waals surface area contributed by atoms with Gasteiger partial charge in [-0.25, -0.2) is 5.06 Å². The molecule has 22 heavy (non-hydrogen) atoms. The number of benzene rings is 1. The Morgan fingerprint density at radius 2 is 1.82 bits per heavy atom. The molecule has 1 atom stereocenters. The highest BCUT2D eigenvalue weighted by Crippen LogP contribution is 2.56. The molecule has 1 amide bonds. The molecule has 2 rings (SSSR count). The average Bonchev–Trinajstić information content (AvgIpc) is 2.88. The fourth-order valence-corrected chi connectivity index (χ4v) is 4.35. The highest BCUT2D eigenvalue weighted by molar-refractivity contribution is 7.55. The summed E-state index contributed by atoms with van der Waals surface area (Å²) in [5.41, 5.74) is 0.194. The third-order valence-electron chi connectivity index (χ3n) is 3.37. The monoisotopic (exact) mass is 327 g/mol. The second kappa shape index (κ2) is 7.88. The van der Waals surface area contributed by atoms with E-state index in [2.05, 4.69) is 0 Å². The van der Waals surface area contributed by atoms with Crippen LogP contribution in [-0.2, 0) is 29.9 Å². The standard InChI is InChI=1S/C15H22NO5P/c1-3-20-22(18,21-4-2)14-10-11-16(15(14)17)19-12-13-8-6-5-7-9-13/h5-9,14H,3-4,10-12H2,1-2H3. The minimum absolute atomic E-state index is 0.242. The predicted molar refractivity (Wildman–Crippen MR) is 82.2 cm³/mol. The van der Waals surface area contributed by atoms with Crippen LogP contribution in [0.1, 0.15) is 25.8 Å². The second-order valence-electron chi connectivity index (χ2n) is 4.88. The smallest absolute Gasteiger partial charge is 0.308 e. The maximum absolute atomic E-state index is 12.7. The fourth-order valence-electron chi connectivity index (χ4n) is 2.36. The summed E-state index contributed by atoms with van der Waals surface area (Å²) in [6.07, 6.45) is 0.408. The van der Waals surface area contributed by atoms with Crippen molar-refractivity contribution in [2.75, 3.05) is 19.8 Å². The topological polar surface area (TPSA) is 65.1 Å². The van der Waals surface area contributed by atoms with Gasteiger partial charge in [-0.2, -0.15) is 0 Å². The Bertz CT molecular complexity index is 526. The lowest BCUT2D eigenvalue weighted by Crippen LogP contribution is -2.30. The van der Waals surface area contributed by atoms with Crippen molar-refractivity contribution in [2.45, 2.75) is 32.5 Å². The lowest BCUT2D eigenvalue weighted by Gasteiger charge is -2.22. The summed E-state index contributed by atoms with van der Waals surface area (Å²) in [4.78, 5) is 17.9. The zero-order chi connectivity index (χ0) is 16.0. The third kappa shape index (κ3) is 3.96. The molecule has 0 radical (unpaired) electrons. The van der Waals surface area contributed by atoms with E-state index in [1.165, 1.54) is 5.06 Å². The summed E-state index contributed by atoms with van der Waals surface area (Å²) in [5, 5.41) is 1.27. The van der Waals surface area contributed by atoms with Gasteiger partial charge in [0, 0.05) is 0 Å². The van der Waals surface area contributed by atoms with Gasteiger partial charge < -0.3 is 9.05 Å². The Morgan fingerprint density at radius 1 is 1.18 bits per heavy atom. The van der Waals surface area contributed by atoms with Crippen molar-refractivity contribution < 1.29 is 23.2 Å². The van der Waals surface area contributed by atoms with Crippen LogP contribution < -0.4 is 0 Å². The molecule has 1 fully saturated rings. The van der Waals surface area contributed by atoms with Gasteiger partial charge in [-0.3, -0.25) is 14.2 Å². The summed E-state index contributed by atoms with van der Waals surface area (Å²) < 4.78 is 23.2. The van der Waals surface area contributed by atoms with E-state index >= 15 is 0 Å². The van der Waals surface area contributed by atoms with Crippen molar-refractivity contribution in [3.05, 3.63) is 35.9 Å². The van der Waals surface area contributed by atoms with Crippen molar-refractivity contribution in [3.63, 3.8) is 0 Å². The number of amides is 1. The zero-order valence-electron chi connectivity index (χ0n) is 12.9. The average molecular weight is 327 g/mol. The number of hydroxylamine groups is 2. The summed E-state index contributed by atoms with van der Waals surface area (Å²) in [6, 6.07) is 9.57. The van der Waals surface area contributed by atoms with Crippen molar-refractivity contribution in [3.8, 4) is 0 Å². The molecule has 1 aliphatic heterocycles. The van der Waals surface area contributed by atoms with Crippen LogP contribution in [0.2, 0.25) is 0 Å². The van der Waals surface area contributed by atoms with Crippen molar-refractivity contribution in [2.24, 2.45) is 0 Å². The summed E-state index contributed by atoms with van der Waals surface area (Å²) in [7, 11) is -3.43. The zero-order valence-corrected chi connectivity index (χ0v) is 13.8. The number of carbonyl (C=O) groups is 1. The summed E-state index contributed by atoms with van der Waals surface area (Å²) in [5.74, 6) is -0.332. The first-order valence-corrected chi connectivity index (χ1v) is 9.09. The fraction of sp³-hybridized carbons (Fsp3) is 0.533. The van der Waals surface area contributed by atoms with E-state index in [-0.39, 0.29) is 19.1 Å². The molecular formula is C15H22NO5P. The summed E-state index contributed by atoms with van der Waals surface area (Å²) in [6.45, 7) is 4.63.